The first-order valence-electron chi connectivity index (χ1n) is 7.16. The minimum absolute atomic E-state index is 0.0448. The van der Waals surface area contributed by atoms with Gasteiger partial charge in [-0.25, -0.2) is 4.98 Å². The number of benzene rings is 1. The molecule has 0 atom stereocenters. The molecule has 1 aromatic carbocycles. The predicted octanol–water partition coefficient (Wildman–Crippen LogP) is 2.35. The van der Waals surface area contributed by atoms with Gasteiger partial charge in [-0.15, -0.1) is 11.3 Å². The third-order valence-corrected chi connectivity index (χ3v) is 4.21. The van der Waals surface area contributed by atoms with E-state index in [2.05, 4.69) is 11.9 Å². The summed E-state index contributed by atoms with van der Waals surface area (Å²) < 4.78 is 5.67. The van der Waals surface area contributed by atoms with Gasteiger partial charge >= 0.3 is 0 Å². The Morgan fingerprint density at radius 1 is 1.36 bits per heavy atom. The van der Waals surface area contributed by atoms with Crippen LogP contribution >= 0.6 is 11.3 Å². The van der Waals surface area contributed by atoms with Crippen molar-refractivity contribution in [1.29, 1.82) is 0 Å². The zero-order valence-electron chi connectivity index (χ0n) is 12.8. The predicted molar refractivity (Wildman–Crippen MR) is 86.3 cm³/mol. The molecule has 1 heterocycles. The van der Waals surface area contributed by atoms with Crippen molar-refractivity contribution in [2.75, 3.05) is 20.2 Å². The van der Waals surface area contributed by atoms with Crippen LogP contribution in [0, 0.1) is 0 Å². The highest BCUT2D eigenvalue weighted by molar-refractivity contribution is 7.09. The first-order valence-corrected chi connectivity index (χ1v) is 8.04. The van der Waals surface area contributed by atoms with Gasteiger partial charge in [0, 0.05) is 24.5 Å². The molecule has 118 valence electrons. The number of aryl methyl sites for hydroxylation is 1. The topological polar surface area (TPSA) is 62.7 Å². The zero-order chi connectivity index (χ0) is 15.9. The summed E-state index contributed by atoms with van der Waals surface area (Å²) in [6, 6.07) is 6.99. The lowest BCUT2D eigenvalue weighted by atomic mass is 10.2. The summed E-state index contributed by atoms with van der Waals surface area (Å²) in [6.45, 7) is 2.78. The third kappa shape index (κ3) is 4.29. The molecule has 2 aromatic rings. The quantitative estimate of drug-likeness (QED) is 0.850. The van der Waals surface area contributed by atoms with Crippen molar-refractivity contribution in [3.63, 3.8) is 0 Å². The van der Waals surface area contributed by atoms with Crippen molar-refractivity contribution >= 4 is 17.2 Å². The summed E-state index contributed by atoms with van der Waals surface area (Å²) in [5.41, 5.74) is 1.50. The average Bonchev–Trinajstić information content (AvgIpc) is 3.01. The maximum absolute atomic E-state index is 12.0. The molecule has 0 aliphatic carbocycles. The number of likely N-dealkylation sites (N-methyl/N-ethyl adjacent to an activating group) is 1. The zero-order valence-corrected chi connectivity index (χ0v) is 13.6. The maximum Gasteiger partial charge on any atom is 0.253 e. The molecule has 1 N–H and O–H groups in total. The second-order valence-electron chi connectivity index (χ2n) is 4.85. The molecule has 0 saturated carbocycles. The largest absolute Gasteiger partial charge is 0.487 e. The molecule has 1 aromatic heterocycles. The van der Waals surface area contributed by atoms with E-state index in [-0.39, 0.29) is 12.5 Å². The number of rotatable bonds is 7. The monoisotopic (exact) mass is 320 g/mol. The van der Waals surface area contributed by atoms with Gasteiger partial charge in [0.25, 0.3) is 5.91 Å². The standard InChI is InChI=1S/C16H20N2O3S/c1-3-15-17-13(11-22-15)10-21-14-6-4-12(5-7-14)16(20)18(2)8-9-19/h4-7,11,19H,3,8-10H2,1-2H3. The molecule has 6 heteroatoms. The Morgan fingerprint density at radius 2 is 2.09 bits per heavy atom. The van der Waals surface area contributed by atoms with Crippen LogP contribution in [0.2, 0.25) is 0 Å². The highest BCUT2D eigenvalue weighted by Crippen LogP contribution is 2.16. The van der Waals surface area contributed by atoms with Gasteiger partial charge in [-0.1, -0.05) is 6.92 Å². The van der Waals surface area contributed by atoms with E-state index in [1.54, 1.807) is 42.6 Å². The number of hydrogen-bond donors (Lipinski definition) is 1. The van der Waals surface area contributed by atoms with E-state index >= 15 is 0 Å². The van der Waals surface area contributed by atoms with Gasteiger partial charge in [0.05, 0.1) is 17.3 Å². The van der Waals surface area contributed by atoms with E-state index < -0.39 is 0 Å². The van der Waals surface area contributed by atoms with Crippen LogP contribution < -0.4 is 4.74 Å². The Bertz CT molecular complexity index is 610. The Hall–Kier alpha value is -1.92. The molecule has 0 bridgehead atoms. The molecule has 5 nitrogen and oxygen atoms in total. The number of hydrogen-bond acceptors (Lipinski definition) is 5. The van der Waals surface area contributed by atoms with Crippen LogP contribution in [0.4, 0.5) is 0 Å². The van der Waals surface area contributed by atoms with E-state index in [4.69, 9.17) is 9.84 Å². The molecule has 0 unspecified atom stereocenters. The minimum Gasteiger partial charge on any atom is -0.487 e. The summed E-state index contributed by atoms with van der Waals surface area (Å²) in [7, 11) is 1.66. The summed E-state index contributed by atoms with van der Waals surface area (Å²) in [4.78, 5) is 18.0. The number of aliphatic hydroxyl groups is 1. The number of thiazole rings is 1. The molecule has 0 spiro atoms. The fourth-order valence-corrected chi connectivity index (χ4v) is 2.63. The highest BCUT2D eigenvalue weighted by atomic mass is 32.1. The Labute approximate surface area is 134 Å². The summed E-state index contributed by atoms with van der Waals surface area (Å²) >= 11 is 1.64. The van der Waals surface area contributed by atoms with Gasteiger partial charge in [0.15, 0.2) is 0 Å². The molecule has 0 aliphatic heterocycles. The SMILES string of the molecule is CCc1nc(COc2ccc(C(=O)N(C)CCO)cc2)cs1. The van der Waals surface area contributed by atoms with E-state index in [9.17, 15) is 4.79 Å². The van der Waals surface area contributed by atoms with Gasteiger partial charge in [0.1, 0.15) is 12.4 Å². The number of ether oxygens (including phenoxy) is 1. The van der Waals surface area contributed by atoms with E-state index in [0.717, 1.165) is 17.1 Å². The fraction of sp³-hybridized carbons (Fsp3) is 0.375. The lowest BCUT2D eigenvalue weighted by molar-refractivity contribution is 0.0767. The number of aliphatic hydroxyl groups excluding tert-OH is 1. The Balaban J connectivity index is 1.92. The molecule has 22 heavy (non-hydrogen) atoms. The maximum atomic E-state index is 12.0. The van der Waals surface area contributed by atoms with Gasteiger partial charge in [0.2, 0.25) is 0 Å². The molecule has 0 radical (unpaired) electrons. The number of amides is 1. The van der Waals surface area contributed by atoms with Crippen molar-refractivity contribution in [3.05, 3.63) is 45.9 Å². The molecule has 0 fully saturated rings. The summed E-state index contributed by atoms with van der Waals surface area (Å²) in [6.07, 6.45) is 0.933. The first-order chi connectivity index (χ1) is 10.6. The number of aromatic nitrogens is 1. The van der Waals surface area contributed by atoms with Crippen LogP contribution in [0.3, 0.4) is 0 Å². The normalized spacial score (nSPS) is 10.5. The second kappa shape index (κ2) is 7.91. The van der Waals surface area contributed by atoms with Crippen molar-refractivity contribution in [1.82, 2.24) is 9.88 Å². The van der Waals surface area contributed by atoms with Crippen LogP contribution in [0.15, 0.2) is 29.6 Å². The number of nitrogens with zero attached hydrogens (tertiary/aromatic N) is 2. The molecule has 1 amide bonds. The number of carbonyl (C=O) groups is 1. The third-order valence-electron chi connectivity index (χ3n) is 3.17. The Morgan fingerprint density at radius 3 is 2.68 bits per heavy atom. The van der Waals surface area contributed by atoms with Crippen molar-refractivity contribution in [2.24, 2.45) is 0 Å². The van der Waals surface area contributed by atoms with Crippen LogP contribution in [0.25, 0.3) is 0 Å². The van der Waals surface area contributed by atoms with Crippen molar-refractivity contribution in [3.8, 4) is 5.75 Å². The van der Waals surface area contributed by atoms with E-state index in [1.807, 2.05) is 5.38 Å². The lowest BCUT2D eigenvalue weighted by Gasteiger charge is -2.15. The van der Waals surface area contributed by atoms with E-state index in [0.29, 0.717) is 24.5 Å². The van der Waals surface area contributed by atoms with Crippen molar-refractivity contribution < 1.29 is 14.6 Å². The molecule has 0 saturated heterocycles. The Kier molecular flexibility index (Phi) is 5.91. The average molecular weight is 320 g/mol. The van der Waals surface area contributed by atoms with Crippen LogP contribution in [-0.2, 0) is 13.0 Å². The highest BCUT2D eigenvalue weighted by Gasteiger charge is 2.11. The molecular formula is C16H20N2O3S. The fourth-order valence-electron chi connectivity index (χ4n) is 1.90. The summed E-state index contributed by atoms with van der Waals surface area (Å²) in [5, 5.41) is 12.0. The molecular weight excluding hydrogens is 300 g/mol. The smallest absolute Gasteiger partial charge is 0.253 e. The molecule has 0 aliphatic rings. The van der Waals surface area contributed by atoms with E-state index in [1.165, 1.54) is 4.90 Å². The van der Waals surface area contributed by atoms with Gasteiger partial charge in [-0.3, -0.25) is 4.79 Å². The van der Waals surface area contributed by atoms with Gasteiger partial charge < -0.3 is 14.7 Å². The second-order valence-corrected chi connectivity index (χ2v) is 5.79. The van der Waals surface area contributed by atoms with Crippen LogP contribution in [0.1, 0.15) is 28.0 Å². The lowest BCUT2D eigenvalue weighted by Crippen LogP contribution is -2.29. The molecule has 2 rings (SSSR count). The minimum atomic E-state index is -0.118. The van der Waals surface area contributed by atoms with Crippen molar-refractivity contribution in [2.45, 2.75) is 20.0 Å². The van der Waals surface area contributed by atoms with Gasteiger partial charge in [-0.05, 0) is 30.7 Å². The van der Waals surface area contributed by atoms with Gasteiger partial charge in [-0.2, -0.15) is 0 Å². The van der Waals surface area contributed by atoms with Crippen LogP contribution in [-0.4, -0.2) is 41.1 Å². The summed E-state index contributed by atoms with van der Waals surface area (Å²) in [5.74, 6) is 0.583. The van der Waals surface area contributed by atoms with Crippen LogP contribution in [0.5, 0.6) is 5.75 Å². The first kappa shape index (κ1) is 16.5. The number of carbonyl (C=O) groups excluding carboxylic acids is 1.